The van der Waals surface area contributed by atoms with Gasteiger partial charge in [-0.05, 0) is 89.1 Å². The highest BCUT2D eigenvalue weighted by molar-refractivity contribution is 9.11. The van der Waals surface area contributed by atoms with Gasteiger partial charge in [-0.3, -0.25) is 0 Å². The molecule has 40 heavy (non-hydrogen) atoms. The molecular formula is C29H26Br2ClN2O4PS. The molecule has 0 spiro atoms. The van der Waals surface area contributed by atoms with Crippen LogP contribution in [0, 0.1) is 6.92 Å². The second-order valence-corrected chi connectivity index (χ2v) is 16.3. The van der Waals surface area contributed by atoms with E-state index in [1.807, 2.05) is 43.2 Å². The van der Waals surface area contributed by atoms with Crippen LogP contribution in [0.1, 0.15) is 25.2 Å². The van der Waals surface area contributed by atoms with Gasteiger partial charge in [-0.25, -0.2) is 0 Å². The fourth-order valence-electron chi connectivity index (χ4n) is 4.72. The molecule has 1 aliphatic heterocycles. The summed E-state index contributed by atoms with van der Waals surface area (Å²) in [7, 11) is -5.87. The van der Waals surface area contributed by atoms with Gasteiger partial charge in [-0.2, -0.15) is 8.42 Å². The van der Waals surface area contributed by atoms with E-state index in [-0.39, 0.29) is 4.90 Å². The third kappa shape index (κ3) is 5.47. The Labute approximate surface area is 256 Å². The van der Waals surface area contributed by atoms with Gasteiger partial charge < -0.3 is 13.8 Å². The highest BCUT2D eigenvalue weighted by Crippen LogP contribution is 2.59. The lowest BCUT2D eigenvalue weighted by molar-refractivity contribution is 0.546. The van der Waals surface area contributed by atoms with E-state index in [1.54, 1.807) is 25.1 Å². The van der Waals surface area contributed by atoms with Crippen LogP contribution < -0.4 is 14.9 Å². The van der Waals surface area contributed by atoms with Gasteiger partial charge >= 0.3 is 0 Å². The number of sulfonamides is 1. The minimum atomic E-state index is -4.24. The number of aryl methyl sites for hydroxylation is 1. The minimum absolute atomic E-state index is 0.00347. The summed E-state index contributed by atoms with van der Waals surface area (Å²) in [6.45, 7) is 6.01. The van der Waals surface area contributed by atoms with E-state index in [1.165, 1.54) is 24.3 Å². The van der Waals surface area contributed by atoms with Crippen LogP contribution >= 0.6 is 50.7 Å². The van der Waals surface area contributed by atoms with Crippen molar-refractivity contribution in [1.82, 2.24) is 0 Å². The predicted octanol–water partition coefficient (Wildman–Crippen LogP) is 9.24. The molecule has 1 aliphatic rings. The summed E-state index contributed by atoms with van der Waals surface area (Å²) in [4.78, 5) is 2.06. The topological polar surface area (TPSA) is 72.1 Å². The van der Waals surface area contributed by atoms with E-state index in [0.717, 1.165) is 21.4 Å². The number of para-hydroxylation sites is 1. The van der Waals surface area contributed by atoms with Gasteiger partial charge in [-0.15, -0.1) is 4.15 Å². The summed E-state index contributed by atoms with van der Waals surface area (Å²) in [5, 5.41) is 0.422. The number of furan rings is 1. The maximum atomic E-state index is 13.9. The van der Waals surface area contributed by atoms with Gasteiger partial charge in [0.25, 0.3) is 10.0 Å². The van der Waals surface area contributed by atoms with Crippen molar-refractivity contribution in [2.24, 2.45) is 4.15 Å². The predicted molar refractivity (Wildman–Crippen MR) is 169 cm³/mol. The molecule has 0 saturated carbocycles. The first-order valence-corrected chi connectivity index (χ1v) is 17.4. The largest absolute Gasteiger partial charge is 0.456 e. The summed E-state index contributed by atoms with van der Waals surface area (Å²) in [6.07, 6.45) is 0. The third-order valence-electron chi connectivity index (χ3n) is 6.75. The van der Waals surface area contributed by atoms with Crippen LogP contribution in [-0.4, -0.2) is 15.5 Å². The van der Waals surface area contributed by atoms with Gasteiger partial charge in [0.05, 0.1) is 9.37 Å². The van der Waals surface area contributed by atoms with E-state index in [9.17, 15) is 8.42 Å². The second-order valence-electron chi connectivity index (χ2n) is 9.90. The minimum Gasteiger partial charge on any atom is -0.456 e. The van der Waals surface area contributed by atoms with Crippen molar-refractivity contribution in [2.45, 2.75) is 31.1 Å². The normalized spacial score (nSPS) is 17.0. The summed E-state index contributed by atoms with van der Waals surface area (Å²) >= 11 is 13.1. The lowest BCUT2D eigenvalue weighted by Crippen LogP contribution is -2.24. The third-order valence-corrected chi connectivity index (χ3v) is 12.8. The molecule has 6 nitrogen and oxygen atoms in total. The van der Waals surface area contributed by atoms with Crippen molar-refractivity contribution in [1.29, 1.82) is 0 Å². The standard InChI is InChI=1S/C29H26Br2ClN2O4PS/c1-19-9-16-28(37-19)39(38-26-15-10-20(30)17-24(26)31,33-40(35,36)22-13-11-21(32)12-14-22)18-27-29(2,3)23-7-5-6-8-25(23)34(27)4/h5-18H,1-4H3. The van der Waals surface area contributed by atoms with E-state index < -0.39 is 22.7 Å². The number of halogens is 3. The Morgan fingerprint density at radius 2 is 1.73 bits per heavy atom. The molecule has 1 aromatic heterocycles. The number of likely N-dealkylation sites (N-methyl/N-ethyl adjacent to an activating group) is 1. The highest BCUT2D eigenvalue weighted by Gasteiger charge is 2.42. The van der Waals surface area contributed by atoms with Crippen LogP contribution in [0.25, 0.3) is 0 Å². The van der Waals surface area contributed by atoms with Crippen LogP contribution in [0.4, 0.5) is 5.69 Å². The fraction of sp³-hybridized carbons (Fsp3) is 0.172. The molecular weight excluding hydrogens is 699 g/mol. The fourth-order valence-corrected chi connectivity index (χ4v) is 11.0. The maximum Gasteiger partial charge on any atom is 0.284 e. The number of hydrogen-bond acceptors (Lipinski definition) is 5. The van der Waals surface area contributed by atoms with Crippen LogP contribution in [0.15, 0.2) is 113 Å². The Kier molecular flexibility index (Phi) is 7.92. The number of benzene rings is 3. The Morgan fingerprint density at radius 3 is 2.35 bits per heavy atom. The van der Waals surface area contributed by atoms with Gasteiger partial charge in [0, 0.05) is 39.2 Å². The second kappa shape index (κ2) is 10.8. The van der Waals surface area contributed by atoms with Crippen molar-refractivity contribution >= 4 is 72.0 Å². The molecule has 5 rings (SSSR count). The zero-order valence-corrected chi connectivity index (χ0v) is 27.7. The molecule has 4 aromatic rings. The van der Waals surface area contributed by atoms with Crippen molar-refractivity contribution < 1.29 is 17.4 Å². The lowest BCUT2D eigenvalue weighted by atomic mass is 9.84. The number of hydrogen-bond donors (Lipinski definition) is 0. The molecule has 1 unspecified atom stereocenters. The highest BCUT2D eigenvalue weighted by atomic mass is 79.9. The average Bonchev–Trinajstić information content (AvgIpc) is 3.42. The van der Waals surface area contributed by atoms with E-state index in [4.69, 9.17) is 20.5 Å². The van der Waals surface area contributed by atoms with Gasteiger partial charge in [0.2, 0.25) is 7.28 Å². The summed E-state index contributed by atoms with van der Waals surface area (Å²) in [5.74, 6) is 2.89. The zero-order valence-electron chi connectivity index (χ0n) is 22.1. The molecule has 11 heteroatoms. The van der Waals surface area contributed by atoms with Crippen LogP contribution in [0.2, 0.25) is 5.02 Å². The molecule has 0 fully saturated rings. The van der Waals surface area contributed by atoms with Gasteiger partial charge in [0.1, 0.15) is 11.5 Å². The molecule has 0 bridgehead atoms. The summed E-state index contributed by atoms with van der Waals surface area (Å²) < 4.78 is 46.8. The van der Waals surface area contributed by atoms with Gasteiger partial charge in [0.15, 0.2) is 5.50 Å². The first kappa shape index (κ1) is 29.2. The maximum absolute atomic E-state index is 13.9. The Balaban J connectivity index is 1.85. The molecule has 1 atom stereocenters. The Bertz CT molecular complexity index is 1800. The molecule has 0 saturated heterocycles. The first-order valence-electron chi connectivity index (χ1n) is 12.2. The first-order chi connectivity index (χ1) is 18.8. The molecule has 0 N–H and O–H groups in total. The Hall–Kier alpha value is -2.29. The van der Waals surface area contributed by atoms with Crippen LogP contribution in [-0.2, 0) is 15.4 Å². The van der Waals surface area contributed by atoms with Crippen LogP contribution in [0.3, 0.4) is 0 Å². The monoisotopic (exact) mass is 722 g/mol. The van der Waals surface area contributed by atoms with Crippen molar-refractivity contribution in [3.63, 3.8) is 0 Å². The Morgan fingerprint density at radius 1 is 1.02 bits per heavy atom. The summed E-state index contributed by atoms with van der Waals surface area (Å²) in [6, 6.07) is 23.0. The lowest BCUT2D eigenvalue weighted by Gasteiger charge is -2.28. The quantitative estimate of drug-likeness (QED) is 0.186. The number of rotatable bonds is 6. The van der Waals surface area contributed by atoms with Crippen molar-refractivity contribution in [2.75, 3.05) is 11.9 Å². The van der Waals surface area contributed by atoms with E-state index in [0.29, 0.717) is 26.5 Å². The number of fused-ring (bicyclic) bond motifs is 1. The van der Waals surface area contributed by atoms with Crippen molar-refractivity contribution in [3.8, 4) is 5.75 Å². The molecule has 0 radical (unpaired) electrons. The number of allylic oxidation sites excluding steroid dienone is 1. The van der Waals surface area contributed by atoms with Crippen LogP contribution in [0.5, 0.6) is 5.75 Å². The zero-order chi connectivity index (χ0) is 28.9. The van der Waals surface area contributed by atoms with Gasteiger partial charge in [-0.1, -0.05) is 59.6 Å². The SMILES string of the molecule is Cc1ccc(P(C=C2N(C)c3ccccc3C2(C)C)(=NS(=O)(=O)c2ccc(Cl)cc2)Oc2ccc(Br)cc2Br)o1. The molecule has 208 valence electrons. The molecule has 0 amide bonds. The number of anilines is 1. The average molecular weight is 725 g/mol. The molecule has 2 heterocycles. The number of nitrogens with zero attached hydrogens (tertiary/aromatic N) is 2. The smallest absolute Gasteiger partial charge is 0.284 e. The van der Waals surface area contributed by atoms with E-state index >= 15 is 0 Å². The summed E-state index contributed by atoms with van der Waals surface area (Å²) in [5.41, 5.74) is 2.84. The van der Waals surface area contributed by atoms with Crippen molar-refractivity contribution in [3.05, 3.63) is 116 Å². The molecule has 3 aromatic carbocycles. The van der Waals surface area contributed by atoms with E-state index in [2.05, 4.69) is 60.8 Å². The molecule has 0 aliphatic carbocycles.